The summed E-state index contributed by atoms with van der Waals surface area (Å²) in [5.41, 5.74) is 8.30. The van der Waals surface area contributed by atoms with Crippen molar-refractivity contribution in [3.05, 3.63) is 17.5 Å². The van der Waals surface area contributed by atoms with E-state index in [1.807, 2.05) is 25.1 Å². The van der Waals surface area contributed by atoms with E-state index in [1.54, 1.807) is 4.68 Å². The van der Waals surface area contributed by atoms with Crippen LogP contribution in [0.4, 0.5) is 0 Å². The summed E-state index contributed by atoms with van der Waals surface area (Å²) in [7, 11) is 1.90. The molecule has 1 aromatic heterocycles. The fourth-order valence-electron chi connectivity index (χ4n) is 2.79. The molecular weight excluding hydrogens is 228 g/mol. The largest absolute Gasteiger partial charge is 0.334 e. The summed E-state index contributed by atoms with van der Waals surface area (Å²) in [5.74, 6) is 0.215. The van der Waals surface area contributed by atoms with E-state index in [4.69, 9.17) is 5.73 Å². The number of rotatable bonds is 3. The lowest BCUT2D eigenvalue weighted by Gasteiger charge is -2.39. The number of likely N-dealkylation sites (tertiary alicyclic amines) is 1. The van der Waals surface area contributed by atoms with E-state index in [0.717, 1.165) is 30.6 Å². The van der Waals surface area contributed by atoms with Crippen LogP contribution >= 0.6 is 0 Å². The van der Waals surface area contributed by atoms with Crippen molar-refractivity contribution in [1.82, 2.24) is 14.7 Å². The van der Waals surface area contributed by atoms with Crippen LogP contribution in [0.5, 0.6) is 0 Å². The van der Waals surface area contributed by atoms with Crippen LogP contribution in [0, 0.1) is 6.92 Å². The topological polar surface area (TPSA) is 64.2 Å². The van der Waals surface area contributed by atoms with Crippen molar-refractivity contribution in [3.8, 4) is 0 Å². The van der Waals surface area contributed by atoms with E-state index in [2.05, 4.69) is 12.0 Å². The Kier molecular flexibility index (Phi) is 3.71. The van der Waals surface area contributed by atoms with Gasteiger partial charge in [0.05, 0.1) is 11.7 Å². The van der Waals surface area contributed by atoms with Crippen LogP contribution in [0.2, 0.25) is 0 Å². The Hall–Kier alpha value is -1.36. The first-order chi connectivity index (χ1) is 8.54. The number of carbonyl (C=O) groups excluding carboxylic acids is 1. The maximum absolute atomic E-state index is 12.1. The molecule has 0 aromatic carbocycles. The minimum absolute atomic E-state index is 0.0112. The number of piperidine rings is 1. The van der Waals surface area contributed by atoms with Crippen LogP contribution < -0.4 is 5.73 Å². The van der Waals surface area contributed by atoms with E-state index in [9.17, 15) is 4.79 Å². The molecule has 5 nitrogen and oxygen atoms in total. The number of nitrogens with two attached hydrogens (primary N) is 1. The molecule has 2 heterocycles. The molecule has 2 unspecified atom stereocenters. The van der Waals surface area contributed by atoms with Gasteiger partial charge in [-0.2, -0.15) is 5.10 Å². The standard InChI is InChI=1S/C13H22N4O/c1-4-7-17-12(18)6-5-11(14)13(17)10-8-16(3)15-9(10)2/h8,11,13H,4-7,14H2,1-3H3. The summed E-state index contributed by atoms with van der Waals surface area (Å²) < 4.78 is 1.79. The average molecular weight is 250 g/mol. The highest BCUT2D eigenvalue weighted by Crippen LogP contribution is 2.32. The Balaban J connectivity index is 2.36. The van der Waals surface area contributed by atoms with Crippen molar-refractivity contribution >= 4 is 5.91 Å². The van der Waals surface area contributed by atoms with Gasteiger partial charge in [0.25, 0.3) is 0 Å². The van der Waals surface area contributed by atoms with Gasteiger partial charge in [-0.15, -0.1) is 0 Å². The number of aryl methyl sites for hydroxylation is 2. The van der Waals surface area contributed by atoms with Gasteiger partial charge in [0.15, 0.2) is 0 Å². The fraction of sp³-hybridized carbons (Fsp3) is 0.692. The molecule has 1 saturated heterocycles. The van der Waals surface area contributed by atoms with Crippen molar-refractivity contribution in [2.45, 2.75) is 45.2 Å². The highest BCUT2D eigenvalue weighted by molar-refractivity contribution is 5.78. The molecule has 2 atom stereocenters. The average Bonchev–Trinajstić information content (AvgIpc) is 2.63. The molecule has 1 aliphatic rings. The predicted molar refractivity (Wildman–Crippen MR) is 69.9 cm³/mol. The number of nitrogens with zero attached hydrogens (tertiary/aromatic N) is 3. The summed E-state index contributed by atoms with van der Waals surface area (Å²) in [4.78, 5) is 14.0. The maximum atomic E-state index is 12.1. The lowest BCUT2D eigenvalue weighted by molar-refractivity contribution is -0.137. The number of carbonyl (C=O) groups is 1. The number of hydrogen-bond donors (Lipinski definition) is 1. The third kappa shape index (κ3) is 2.27. The summed E-state index contributed by atoms with van der Waals surface area (Å²) in [6.45, 7) is 4.83. The first kappa shape index (κ1) is 13.1. The van der Waals surface area contributed by atoms with Gasteiger partial charge in [0.2, 0.25) is 5.91 Å². The summed E-state index contributed by atoms with van der Waals surface area (Å²) in [6, 6.07) is -0.00273. The normalized spacial score (nSPS) is 24.7. The predicted octanol–water partition coefficient (Wildman–Crippen LogP) is 1.13. The zero-order chi connectivity index (χ0) is 13.3. The lowest BCUT2D eigenvalue weighted by atomic mass is 9.91. The SMILES string of the molecule is CCCN1C(=O)CCC(N)C1c1cn(C)nc1C. The highest BCUT2D eigenvalue weighted by Gasteiger charge is 2.35. The third-order valence-corrected chi connectivity index (χ3v) is 3.59. The van der Waals surface area contributed by atoms with Gasteiger partial charge in [0.1, 0.15) is 0 Å². The number of aromatic nitrogens is 2. The van der Waals surface area contributed by atoms with Crippen molar-refractivity contribution in [3.63, 3.8) is 0 Å². The molecule has 2 rings (SSSR count). The van der Waals surface area contributed by atoms with Gasteiger partial charge in [-0.1, -0.05) is 6.92 Å². The molecule has 1 aliphatic heterocycles. The van der Waals surface area contributed by atoms with Gasteiger partial charge >= 0.3 is 0 Å². The number of hydrogen-bond acceptors (Lipinski definition) is 3. The molecular formula is C13H22N4O. The first-order valence-electron chi connectivity index (χ1n) is 6.59. The first-order valence-corrected chi connectivity index (χ1v) is 6.59. The minimum Gasteiger partial charge on any atom is -0.334 e. The molecule has 1 fully saturated rings. The molecule has 0 saturated carbocycles. The van der Waals surface area contributed by atoms with Crippen LogP contribution in [0.3, 0.4) is 0 Å². The molecule has 1 aromatic rings. The minimum atomic E-state index is -0.0140. The van der Waals surface area contributed by atoms with E-state index in [1.165, 1.54) is 0 Å². The number of amides is 1. The Bertz CT molecular complexity index is 440. The highest BCUT2D eigenvalue weighted by atomic mass is 16.2. The monoisotopic (exact) mass is 250 g/mol. The smallest absolute Gasteiger partial charge is 0.223 e. The van der Waals surface area contributed by atoms with E-state index in [0.29, 0.717) is 6.42 Å². The van der Waals surface area contributed by atoms with Crippen LogP contribution in [0.25, 0.3) is 0 Å². The van der Waals surface area contributed by atoms with Crippen molar-refractivity contribution in [2.75, 3.05) is 6.54 Å². The van der Waals surface area contributed by atoms with Crippen LogP contribution in [-0.4, -0.2) is 33.2 Å². The molecule has 0 aliphatic carbocycles. The second-order valence-electron chi connectivity index (χ2n) is 5.08. The second kappa shape index (κ2) is 5.10. The second-order valence-corrected chi connectivity index (χ2v) is 5.08. The van der Waals surface area contributed by atoms with E-state index >= 15 is 0 Å². The lowest BCUT2D eigenvalue weighted by Crippen LogP contribution is -2.49. The van der Waals surface area contributed by atoms with Crippen LogP contribution in [0.1, 0.15) is 43.5 Å². The Morgan fingerprint density at radius 3 is 2.83 bits per heavy atom. The Morgan fingerprint density at radius 1 is 1.56 bits per heavy atom. The molecule has 2 N–H and O–H groups in total. The molecule has 18 heavy (non-hydrogen) atoms. The van der Waals surface area contributed by atoms with Crippen LogP contribution in [-0.2, 0) is 11.8 Å². The van der Waals surface area contributed by atoms with E-state index < -0.39 is 0 Å². The molecule has 0 spiro atoms. The Labute approximate surface area is 108 Å². The van der Waals surface area contributed by atoms with Crippen molar-refractivity contribution in [2.24, 2.45) is 12.8 Å². The maximum Gasteiger partial charge on any atom is 0.223 e. The van der Waals surface area contributed by atoms with Crippen molar-refractivity contribution in [1.29, 1.82) is 0 Å². The van der Waals surface area contributed by atoms with Crippen molar-refractivity contribution < 1.29 is 4.79 Å². The molecule has 5 heteroatoms. The zero-order valence-electron chi connectivity index (χ0n) is 11.4. The fourth-order valence-corrected chi connectivity index (χ4v) is 2.79. The third-order valence-electron chi connectivity index (χ3n) is 3.59. The van der Waals surface area contributed by atoms with E-state index in [-0.39, 0.29) is 18.0 Å². The molecule has 100 valence electrons. The van der Waals surface area contributed by atoms with Crippen LogP contribution in [0.15, 0.2) is 6.20 Å². The molecule has 1 amide bonds. The quantitative estimate of drug-likeness (QED) is 0.874. The summed E-state index contributed by atoms with van der Waals surface area (Å²) >= 11 is 0. The summed E-state index contributed by atoms with van der Waals surface area (Å²) in [6.07, 6.45) is 4.27. The molecule has 0 bridgehead atoms. The van der Waals surface area contributed by atoms with Gasteiger partial charge in [0, 0.05) is 37.8 Å². The van der Waals surface area contributed by atoms with Gasteiger partial charge in [-0.3, -0.25) is 9.48 Å². The Morgan fingerprint density at radius 2 is 2.28 bits per heavy atom. The van der Waals surface area contributed by atoms with Gasteiger partial charge < -0.3 is 10.6 Å². The zero-order valence-corrected chi connectivity index (χ0v) is 11.4. The van der Waals surface area contributed by atoms with Gasteiger partial charge in [-0.05, 0) is 19.8 Å². The van der Waals surface area contributed by atoms with Gasteiger partial charge in [-0.25, -0.2) is 0 Å². The molecule has 0 radical (unpaired) electrons. The summed E-state index contributed by atoms with van der Waals surface area (Å²) in [5, 5.41) is 4.36.